The summed E-state index contributed by atoms with van der Waals surface area (Å²) in [7, 11) is 0. The van der Waals surface area contributed by atoms with Crippen molar-refractivity contribution in [2.75, 3.05) is 6.54 Å². The molecule has 0 saturated heterocycles. The lowest BCUT2D eigenvalue weighted by molar-refractivity contribution is 0.169. The van der Waals surface area contributed by atoms with Crippen LogP contribution in [0.25, 0.3) is 0 Å². The van der Waals surface area contributed by atoms with Crippen molar-refractivity contribution in [3.63, 3.8) is 0 Å². The van der Waals surface area contributed by atoms with Gasteiger partial charge in [-0.05, 0) is 43.1 Å². The molecule has 4 heteroatoms. The van der Waals surface area contributed by atoms with Gasteiger partial charge in [0.25, 0.3) is 0 Å². The summed E-state index contributed by atoms with van der Waals surface area (Å²) in [5, 5.41) is 10.4. The molecular formula is C10H13BrClNO. The first-order valence-electron chi connectivity index (χ1n) is 4.40. The van der Waals surface area contributed by atoms with Crippen molar-refractivity contribution >= 4 is 27.5 Å². The van der Waals surface area contributed by atoms with Crippen molar-refractivity contribution in [1.82, 2.24) is 0 Å². The van der Waals surface area contributed by atoms with Crippen LogP contribution in [0.4, 0.5) is 0 Å². The minimum Gasteiger partial charge on any atom is -0.388 e. The Bertz CT molecular complexity index is 330. The summed E-state index contributed by atoms with van der Waals surface area (Å²) in [6, 6.07) is 3.69. The van der Waals surface area contributed by atoms with Gasteiger partial charge in [0.15, 0.2) is 0 Å². The third kappa shape index (κ3) is 2.70. The first-order chi connectivity index (χ1) is 6.56. The molecule has 0 aliphatic rings. The second-order valence-electron chi connectivity index (χ2n) is 3.19. The predicted octanol–water partition coefficient (Wildman–Crippen LogP) is 2.79. The Labute approximate surface area is 97.2 Å². The van der Waals surface area contributed by atoms with Crippen LogP contribution >= 0.6 is 27.5 Å². The van der Waals surface area contributed by atoms with Crippen LogP contribution in [0.5, 0.6) is 0 Å². The highest BCUT2D eigenvalue weighted by Gasteiger charge is 2.12. The zero-order valence-corrected chi connectivity index (χ0v) is 10.3. The van der Waals surface area contributed by atoms with Crippen LogP contribution in [-0.4, -0.2) is 11.7 Å². The molecule has 2 nitrogen and oxygen atoms in total. The number of nitrogens with two attached hydrogens (primary N) is 1. The van der Waals surface area contributed by atoms with Gasteiger partial charge in [0.05, 0.1) is 6.10 Å². The molecule has 0 amide bonds. The molecule has 1 rings (SSSR count). The van der Waals surface area contributed by atoms with E-state index >= 15 is 0 Å². The van der Waals surface area contributed by atoms with Gasteiger partial charge in [-0.1, -0.05) is 27.5 Å². The standard InChI is InChI=1S/C10H13BrClNO/c1-6-8(10(14)2-3-13)4-7(11)5-9(6)12/h4-5,10,14H,2-3,13H2,1H3. The Balaban J connectivity index is 3.07. The van der Waals surface area contributed by atoms with Gasteiger partial charge < -0.3 is 10.8 Å². The van der Waals surface area contributed by atoms with Crippen molar-refractivity contribution in [2.45, 2.75) is 19.4 Å². The minimum absolute atomic E-state index is 0.463. The van der Waals surface area contributed by atoms with Gasteiger partial charge in [0.2, 0.25) is 0 Å². The number of aliphatic hydroxyl groups is 1. The van der Waals surface area contributed by atoms with Crippen molar-refractivity contribution in [1.29, 1.82) is 0 Å². The van der Waals surface area contributed by atoms with Gasteiger partial charge >= 0.3 is 0 Å². The van der Waals surface area contributed by atoms with Crippen molar-refractivity contribution in [3.05, 3.63) is 32.8 Å². The van der Waals surface area contributed by atoms with E-state index in [1.165, 1.54) is 0 Å². The number of halogens is 2. The van der Waals surface area contributed by atoms with Gasteiger partial charge in [-0.3, -0.25) is 0 Å². The maximum atomic E-state index is 9.79. The van der Waals surface area contributed by atoms with Crippen LogP contribution in [0.15, 0.2) is 16.6 Å². The molecular weight excluding hydrogens is 265 g/mol. The van der Waals surface area contributed by atoms with E-state index in [4.69, 9.17) is 17.3 Å². The number of hydrogen-bond donors (Lipinski definition) is 2. The fourth-order valence-electron chi connectivity index (χ4n) is 1.33. The molecule has 0 aromatic heterocycles. The van der Waals surface area contributed by atoms with Crippen LogP contribution in [0.3, 0.4) is 0 Å². The molecule has 1 aromatic rings. The summed E-state index contributed by atoms with van der Waals surface area (Å²) >= 11 is 9.33. The maximum Gasteiger partial charge on any atom is 0.0805 e. The van der Waals surface area contributed by atoms with Gasteiger partial charge in [-0.2, -0.15) is 0 Å². The first-order valence-corrected chi connectivity index (χ1v) is 5.57. The summed E-state index contributed by atoms with van der Waals surface area (Å²) < 4.78 is 0.874. The molecule has 0 heterocycles. The highest BCUT2D eigenvalue weighted by Crippen LogP contribution is 2.29. The highest BCUT2D eigenvalue weighted by atomic mass is 79.9. The SMILES string of the molecule is Cc1c(Cl)cc(Br)cc1C(O)CCN. The molecule has 0 radical (unpaired) electrons. The number of rotatable bonds is 3. The molecule has 0 aliphatic carbocycles. The molecule has 1 aromatic carbocycles. The quantitative estimate of drug-likeness (QED) is 0.893. The van der Waals surface area contributed by atoms with E-state index in [1.807, 2.05) is 19.1 Å². The van der Waals surface area contributed by atoms with Crippen molar-refractivity contribution < 1.29 is 5.11 Å². The third-order valence-corrected chi connectivity index (χ3v) is 3.00. The smallest absolute Gasteiger partial charge is 0.0805 e. The Kier molecular flexibility index (Phi) is 4.38. The number of aliphatic hydroxyl groups excluding tert-OH is 1. The highest BCUT2D eigenvalue weighted by molar-refractivity contribution is 9.10. The molecule has 0 bridgehead atoms. The summed E-state index contributed by atoms with van der Waals surface area (Å²) in [5.74, 6) is 0. The molecule has 78 valence electrons. The van der Waals surface area contributed by atoms with E-state index in [0.717, 1.165) is 15.6 Å². The summed E-state index contributed by atoms with van der Waals surface area (Å²) in [6.45, 7) is 2.36. The Morgan fingerprint density at radius 2 is 2.21 bits per heavy atom. The van der Waals surface area contributed by atoms with E-state index < -0.39 is 6.10 Å². The van der Waals surface area contributed by atoms with E-state index in [2.05, 4.69) is 15.9 Å². The first kappa shape index (κ1) is 12.0. The molecule has 1 unspecified atom stereocenters. The van der Waals surface area contributed by atoms with E-state index in [1.54, 1.807) is 0 Å². The minimum atomic E-state index is -0.532. The molecule has 0 saturated carbocycles. The third-order valence-electron chi connectivity index (χ3n) is 2.15. The topological polar surface area (TPSA) is 46.2 Å². The Hall–Kier alpha value is -0.0900. The van der Waals surface area contributed by atoms with Crippen LogP contribution in [-0.2, 0) is 0 Å². The zero-order valence-electron chi connectivity index (χ0n) is 7.93. The lowest BCUT2D eigenvalue weighted by atomic mass is 10.0. The molecule has 0 spiro atoms. The maximum absolute atomic E-state index is 9.79. The van der Waals surface area contributed by atoms with Crippen LogP contribution in [0, 0.1) is 6.92 Å². The molecule has 0 aliphatic heterocycles. The lowest BCUT2D eigenvalue weighted by Crippen LogP contribution is -2.08. The second-order valence-corrected chi connectivity index (χ2v) is 4.52. The van der Waals surface area contributed by atoms with Crippen molar-refractivity contribution in [2.24, 2.45) is 5.73 Å². The van der Waals surface area contributed by atoms with E-state index in [0.29, 0.717) is 18.0 Å². The fraction of sp³-hybridized carbons (Fsp3) is 0.400. The second kappa shape index (κ2) is 5.12. The zero-order chi connectivity index (χ0) is 10.7. The summed E-state index contributed by atoms with van der Waals surface area (Å²) in [5.41, 5.74) is 7.14. The average molecular weight is 279 g/mol. The molecule has 1 atom stereocenters. The van der Waals surface area contributed by atoms with Crippen LogP contribution < -0.4 is 5.73 Å². The van der Waals surface area contributed by atoms with E-state index in [9.17, 15) is 5.11 Å². The fourth-order valence-corrected chi connectivity index (χ4v) is 2.16. The normalized spacial score (nSPS) is 12.9. The molecule has 0 fully saturated rings. The summed E-state index contributed by atoms with van der Waals surface area (Å²) in [4.78, 5) is 0. The number of hydrogen-bond acceptors (Lipinski definition) is 2. The molecule has 14 heavy (non-hydrogen) atoms. The van der Waals surface area contributed by atoms with Crippen molar-refractivity contribution in [3.8, 4) is 0 Å². The number of benzene rings is 1. The summed E-state index contributed by atoms with van der Waals surface area (Å²) in [6.07, 6.45) is 0.0168. The average Bonchev–Trinajstić information content (AvgIpc) is 2.11. The van der Waals surface area contributed by atoms with Crippen LogP contribution in [0.1, 0.15) is 23.7 Å². The van der Waals surface area contributed by atoms with Gasteiger partial charge in [0.1, 0.15) is 0 Å². The monoisotopic (exact) mass is 277 g/mol. The van der Waals surface area contributed by atoms with Gasteiger partial charge in [-0.25, -0.2) is 0 Å². The van der Waals surface area contributed by atoms with E-state index in [-0.39, 0.29) is 0 Å². The Morgan fingerprint density at radius 3 is 2.79 bits per heavy atom. The molecule has 3 N–H and O–H groups in total. The van der Waals surface area contributed by atoms with Crippen LogP contribution in [0.2, 0.25) is 5.02 Å². The van der Waals surface area contributed by atoms with Gasteiger partial charge in [0, 0.05) is 9.50 Å². The Morgan fingerprint density at radius 1 is 1.57 bits per heavy atom. The van der Waals surface area contributed by atoms with Gasteiger partial charge in [-0.15, -0.1) is 0 Å². The lowest BCUT2D eigenvalue weighted by Gasteiger charge is -2.14. The largest absolute Gasteiger partial charge is 0.388 e. The predicted molar refractivity (Wildman–Crippen MR) is 62.5 cm³/mol.